The molecule has 34 heavy (non-hydrogen) atoms. The Morgan fingerprint density at radius 2 is 1.97 bits per heavy atom. The summed E-state index contributed by atoms with van der Waals surface area (Å²) in [5.74, 6) is 1.29. The lowest BCUT2D eigenvalue weighted by molar-refractivity contribution is -0.0383. The fourth-order valence-corrected chi connectivity index (χ4v) is 4.68. The van der Waals surface area contributed by atoms with E-state index in [4.69, 9.17) is 9.73 Å². The molecule has 1 N–H and O–H groups in total. The summed E-state index contributed by atoms with van der Waals surface area (Å²) in [6.45, 7) is 3.02. The largest absolute Gasteiger partial charge is 0.495 e. The molecule has 2 atom stereocenters. The number of aliphatic imine (C=N–C) groups is 1. The molecule has 1 fully saturated rings. The summed E-state index contributed by atoms with van der Waals surface area (Å²) in [5.41, 5.74) is 4.81. The van der Waals surface area contributed by atoms with Crippen molar-refractivity contribution >= 4 is 11.9 Å². The average molecular weight is 462 g/mol. The molecule has 0 bridgehead atoms. The van der Waals surface area contributed by atoms with Gasteiger partial charge in [0.15, 0.2) is 0 Å². The molecule has 1 aromatic heterocycles. The molecule has 1 saturated heterocycles. The molecule has 0 aliphatic carbocycles. The van der Waals surface area contributed by atoms with Crippen LogP contribution in [0, 0.1) is 12.7 Å². The molecular weight excluding hydrogens is 433 g/mol. The second kappa shape index (κ2) is 9.04. The van der Waals surface area contributed by atoms with E-state index in [0.29, 0.717) is 6.54 Å². The first-order valence-corrected chi connectivity index (χ1v) is 11.3. The highest BCUT2D eigenvalue weighted by atomic mass is 19.1. The number of halogens is 1. The number of imidazole rings is 1. The van der Waals surface area contributed by atoms with Crippen LogP contribution in [0.5, 0.6) is 5.75 Å². The van der Waals surface area contributed by atoms with Gasteiger partial charge in [-0.15, -0.1) is 0 Å². The van der Waals surface area contributed by atoms with Gasteiger partial charge in [0.1, 0.15) is 17.4 Å². The zero-order chi connectivity index (χ0) is 23.8. The van der Waals surface area contributed by atoms with Crippen LogP contribution in [0.3, 0.4) is 0 Å². The molecule has 5 rings (SSSR count). The number of aromatic nitrogens is 2. The molecule has 176 valence electrons. The number of hydrazine groups is 1. The number of nitrogens with zero attached hydrogens (tertiary/aromatic N) is 5. The van der Waals surface area contributed by atoms with Crippen molar-refractivity contribution in [3.8, 4) is 11.4 Å². The van der Waals surface area contributed by atoms with Crippen LogP contribution >= 0.6 is 0 Å². The molecule has 0 amide bonds. The van der Waals surface area contributed by atoms with Gasteiger partial charge in [0, 0.05) is 19.8 Å². The molecular formula is C26H28FN5O2. The highest BCUT2D eigenvalue weighted by Crippen LogP contribution is 2.35. The number of rotatable bonds is 4. The lowest BCUT2D eigenvalue weighted by Gasteiger charge is -2.48. The van der Waals surface area contributed by atoms with E-state index in [0.717, 1.165) is 52.6 Å². The lowest BCUT2D eigenvalue weighted by atomic mass is 9.95. The minimum Gasteiger partial charge on any atom is -0.495 e. The van der Waals surface area contributed by atoms with Crippen molar-refractivity contribution in [2.45, 2.75) is 25.5 Å². The monoisotopic (exact) mass is 461 g/mol. The molecule has 2 aromatic carbocycles. The highest BCUT2D eigenvalue weighted by molar-refractivity contribution is 6.03. The number of aryl methyl sites for hydroxylation is 1. The maximum absolute atomic E-state index is 13.5. The normalized spacial score (nSPS) is 22.0. The molecule has 0 spiro atoms. The van der Waals surface area contributed by atoms with Crippen molar-refractivity contribution < 1.29 is 14.2 Å². The summed E-state index contributed by atoms with van der Waals surface area (Å²) >= 11 is 0. The number of benzene rings is 2. The van der Waals surface area contributed by atoms with Gasteiger partial charge >= 0.3 is 0 Å². The molecule has 0 radical (unpaired) electrons. The quantitative estimate of drug-likeness (QED) is 0.641. The topological polar surface area (TPSA) is 66.1 Å². The van der Waals surface area contributed by atoms with E-state index in [1.807, 2.05) is 41.9 Å². The van der Waals surface area contributed by atoms with Gasteiger partial charge in [-0.2, -0.15) is 0 Å². The molecule has 3 heterocycles. The van der Waals surface area contributed by atoms with Crippen LogP contribution in [-0.4, -0.2) is 63.9 Å². The number of aliphatic hydroxyl groups excluding tert-OH is 1. The molecule has 2 aliphatic heterocycles. The standard InChI is InChI=1S/C26H28FN5O2/c1-17-15-31(16-29-17)22-9-4-18(13-24(22)34-3)12-20-10-11-30(2)32-25(23(33)14-28-26(20)32)19-5-7-21(27)8-6-19/h4-9,12-13,15-16,23,25,33H,10-11,14H2,1-3H3/b20-12-. The molecule has 7 nitrogen and oxygen atoms in total. The summed E-state index contributed by atoms with van der Waals surface area (Å²) < 4.78 is 21.1. The predicted octanol–water partition coefficient (Wildman–Crippen LogP) is 3.78. The average Bonchev–Trinajstić information content (AvgIpc) is 3.27. The summed E-state index contributed by atoms with van der Waals surface area (Å²) in [6, 6.07) is 12.1. The Kier molecular flexibility index (Phi) is 5.93. The van der Waals surface area contributed by atoms with Crippen LogP contribution in [0.4, 0.5) is 4.39 Å². The molecule has 2 aliphatic rings. The number of amidine groups is 1. The van der Waals surface area contributed by atoms with Crippen LogP contribution in [0.1, 0.15) is 29.3 Å². The second-order valence-corrected chi connectivity index (χ2v) is 8.73. The summed E-state index contributed by atoms with van der Waals surface area (Å²) in [7, 11) is 3.66. The van der Waals surface area contributed by atoms with Crippen LogP contribution < -0.4 is 4.74 Å². The van der Waals surface area contributed by atoms with Gasteiger partial charge in [-0.25, -0.2) is 14.4 Å². The van der Waals surface area contributed by atoms with Gasteiger partial charge in [-0.1, -0.05) is 18.2 Å². The van der Waals surface area contributed by atoms with Gasteiger partial charge in [0.05, 0.1) is 43.5 Å². The van der Waals surface area contributed by atoms with Crippen LogP contribution in [0.15, 0.2) is 65.6 Å². The number of hydrogen-bond donors (Lipinski definition) is 1. The minimum absolute atomic E-state index is 0.293. The van der Waals surface area contributed by atoms with Crippen molar-refractivity contribution in [3.05, 3.63) is 83.2 Å². The van der Waals surface area contributed by atoms with E-state index in [1.54, 1.807) is 25.6 Å². The van der Waals surface area contributed by atoms with Gasteiger partial charge in [0.2, 0.25) is 0 Å². The third-order valence-electron chi connectivity index (χ3n) is 6.38. The number of hydrogen-bond acceptors (Lipinski definition) is 6. The summed E-state index contributed by atoms with van der Waals surface area (Å²) in [4.78, 5) is 9.04. The highest BCUT2D eigenvalue weighted by Gasteiger charge is 2.39. The van der Waals surface area contributed by atoms with Crippen molar-refractivity contribution in [1.82, 2.24) is 19.6 Å². The minimum atomic E-state index is -0.686. The zero-order valence-electron chi connectivity index (χ0n) is 19.5. The number of ether oxygens (including phenoxy) is 1. The lowest BCUT2D eigenvalue weighted by Crippen LogP contribution is -2.56. The Morgan fingerprint density at radius 3 is 2.68 bits per heavy atom. The van der Waals surface area contributed by atoms with E-state index >= 15 is 0 Å². The predicted molar refractivity (Wildman–Crippen MR) is 129 cm³/mol. The Morgan fingerprint density at radius 1 is 1.18 bits per heavy atom. The Balaban J connectivity index is 1.50. The molecule has 2 unspecified atom stereocenters. The Bertz CT molecular complexity index is 1250. The smallest absolute Gasteiger partial charge is 0.143 e. The number of aliphatic hydroxyl groups is 1. The first-order valence-electron chi connectivity index (χ1n) is 11.3. The second-order valence-electron chi connectivity index (χ2n) is 8.73. The zero-order valence-corrected chi connectivity index (χ0v) is 19.5. The van der Waals surface area contributed by atoms with Gasteiger partial charge in [-0.05, 0) is 60.4 Å². The van der Waals surface area contributed by atoms with Crippen LogP contribution in [-0.2, 0) is 0 Å². The van der Waals surface area contributed by atoms with E-state index < -0.39 is 6.10 Å². The third kappa shape index (κ3) is 4.10. The van der Waals surface area contributed by atoms with Crippen LogP contribution in [0.2, 0.25) is 0 Å². The summed E-state index contributed by atoms with van der Waals surface area (Å²) in [5, 5.41) is 14.9. The van der Waals surface area contributed by atoms with Gasteiger partial charge < -0.3 is 14.4 Å². The molecule has 3 aromatic rings. The van der Waals surface area contributed by atoms with Crippen LogP contribution in [0.25, 0.3) is 11.8 Å². The molecule has 0 saturated carbocycles. The maximum Gasteiger partial charge on any atom is 0.143 e. The van der Waals surface area contributed by atoms with Crippen molar-refractivity contribution in [2.75, 3.05) is 27.2 Å². The number of methoxy groups -OCH3 is 1. The third-order valence-corrected chi connectivity index (χ3v) is 6.38. The Labute approximate surface area is 198 Å². The van der Waals surface area contributed by atoms with Crippen molar-refractivity contribution in [2.24, 2.45) is 4.99 Å². The fraction of sp³-hybridized carbons (Fsp3) is 0.308. The van der Waals surface area contributed by atoms with Crippen molar-refractivity contribution in [3.63, 3.8) is 0 Å². The maximum atomic E-state index is 13.5. The SMILES string of the molecule is COc1cc(/C=C2/CCN(C)N3C2=NCC(O)C3c2ccc(F)cc2)ccc1-n1cnc(C)c1. The van der Waals surface area contributed by atoms with E-state index in [9.17, 15) is 9.50 Å². The number of fused-ring (bicyclic) bond motifs is 1. The first kappa shape index (κ1) is 22.3. The first-order chi connectivity index (χ1) is 16.4. The van der Waals surface area contributed by atoms with Gasteiger partial charge in [-0.3, -0.25) is 10.0 Å². The van der Waals surface area contributed by atoms with Gasteiger partial charge in [0.25, 0.3) is 0 Å². The summed E-state index contributed by atoms with van der Waals surface area (Å²) in [6.07, 6.45) is 6.00. The van der Waals surface area contributed by atoms with E-state index in [-0.39, 0.29) is 11.9 Å². The van der Waals surface area contributed by atoms with E-state index in [2.05, 4.69) is 22.1 Å². The Hall–Kier alpha value is -3.49. The van der Waals surface area contributed by atoms with E-state index in [1.165, 1.54) is 12.1 Å². The molecule has 8 heteroatoms. The fourth-order valence-electron chi connectivity index (χ4n) is 4.68. The van der Waals surface area contributed by atoms with Crippen molar-refractivity contribution in [1.29, 1.82) is 0 Å².